The van der Waals surface area contributed by atoms with Crippen molar-refractivity contribution in [3.05, 3.63) is 95.6 Å². The Morgan fingerprint density at radius 1 is 0.821 bits per heavy atom. The second-order valence-electron chi connectivity index (χ2n) is 6.91. The minimum atomic E-state index is -0.830. The van der Waals surface area contributed by atoms with E-state index in [4.69, 9.17) is 5.73 Å². The van der Waals surface area contributed by atoms with Gasteiger partial charge in [0.1, 0.15) is 11.6 Å². The molecule has 0 unspecified atom stereocenters. The molecule has 5 heteroatoms. The van der Waals surface area contributed by atoms with Gasteiger partial charge in [-0.3, -0.25) is 0 Å². The van der Waals surface area contributed by atoms with Gasteiger partial charge in [0, 0.05) is 25.2 Å². The van der Waals surface area contributed by atoms with Gasteiger partial charge >= 0.3 is 0 Å². The first-order valence-corrected chi connectivity index (χ1v) is 9.25. The number of aliphatic hydroxyl groups excluding tert-OH is 1. The van der Waals surface area contributed by atoms with Crippen LogP contribution in [0.3, 0.4) is 0 Å². The first-order chi connectivity index (χ1) is 13.5. The summed E-state index contributed by atoms with van der Waals surface area (Å²) in [5.74, 6) is -1.29. The number of hydrogen-bond acceptors (Lipinski definition) is 3. The summed E-state index contributed by atoms with van der Waals surface area (Å²) in [7, 11) is 0. The number of hydrogen-bond donors (Lipinski definition) is 3. The zero-order valence-electron chi connectivity index (χ0n) is 15.5. The third-order valence-corrected chi connectivity index (χ3v) is 4.60. The van der Waals surface area contributed by atoms with Gasteiger partial charge in [0.15, 0.2) is 0 Å². The molecule has 0 aromatic heterocycles. The van der Waals surface area contributed by atoms with Crippen LogP contribution in [0.4, 0.5) is 8.78 Å². The van der Waals surface area contributed by atoms with Gasteiger partial charge in [-0.1, -0.05) is 48.5 Å². The van der Waals surface area contributed by atoms with E-state index < -0.39 is 23.8 Å². The van der Waals surface area contributed by atoms with Crippen LogP contribution >= 0.6 is 0 Å². The van der Waals surface area contributed by atoms with E-state index in [1.54, 1.807) is 0 Å². The van der Waals surface area contributed by atoms with Gasteiger partial charge in [-0.05, 0) is 46.9 Å². The summed E-state index contributed by atoms with van der Waals surface area (Å²) in [6.07, 6.45) is -0.635. The van der Waals surface area contributed by atoms with Crippen LogP contribution in [0, 0.1) is 11.6 Å². The van der Waals surface area contributed by atoms with Crippen molar-refractivity contribution in [3.63, 3.8) is 0 Å². The molecule has 0 saturated heterocycles. The zero-order chi connectivity index (χ0) is 19.9. The van der Waals surface area contributed by atoms with Crippen molar-refractivity contribution in [2.24, 2.45) is 5.73 Å². The molecule has 0 amide bonds. The van der Waals surface area contributed by atoms with Gasteiger partial charge in [-0.15, -0.1) is 0 Å². The topological polar surface area (TPSA) is 58.3 Å². The third-order valence-electron chi connectivity index (χ3n) is 4.60. The number of benzene rings is 3. The van der Waals surface area contributed by atoms with Crippen LogP contribution in [0.2, 0.25) is 0 Å². The van der Waals surface area contributed by atoms with Crippen LogP contribution in [0.25, 0.3) is 11.1 Å². The van der Waals surface area contributed by atoms with E-state index in [0.717, 1.165) is 22.8 Å². The molecule has 0 saturated carbocycles. The number of halogens is 2. The smallest absolute Gasteiger partial charge is 0.126 e. The van der Waals surface area contributed by atoms with Crippen LogP contribution in [0.5, 0.6) is 0 Å². The molecule has 3 aromatic rings. The molecule has 0 aliphatic carbocycles. The molecule has 0 bridgehead atoms. The summed E-state index contributed by atoms with van der Waals surface area (Å²) in [5.41, 5.74) is 9.79. The SMILES string of the molecule is N[C@@H](Cc1cc(F)cc(F)c1)[C@H](O)CNCc1cccc(-c2ccccc2)c1. The minimum Gasteiger partial charge on any atom is -0.390 e. The lowest BCUT2D eigenvalue weighted by molar-refractivity contribution is 0.141. The Morgan fingerprint density at radius 3 is 2.21 bits per heavy atom. The Hall–Kier alpha value is -2.60. The zero-order valence-corrected chi connectivity index (χ0v) is 15.5. The average molecular weight is 382 g/mol. The molecular weight excluding hydrogens is 358 g/mol. The molecular formula is C23H24F2N2O. The maximum Gasteiger partial charge on any atom is 0.126 e. The molecule has 3 aromatic carbocycles. The van der Waals surface area contributed by atoms with Crippen molar-refractivity contribution in [3.8, 4) is 11.1 Å². The van der Waals surface area contributed by atoms with Crippen molar-refractivity contribution in [2.75, 3.05) is 6.54 Å². The first kappa shape index (κ1) is 20.1. The molecule has 28 heavy (non-hydrogen) atoms. The second-order valence-corrected chi connectivity index (χ2v) is 6.91. The van der Waals surface area contributed by atoms with E-state index in [0.29, 0.717) is 12.1 Å². The highest BCUT2D eigenvalue weighted by molar-refractivity contribution is 5.63. The van der Waals surface area contributed by atoms with Crippen LogP contribution in [-0.2, 0) is 13.0 Å². The first-order valence-electron chi connectivity index (χ1n) is 9.25. The monoisotopic (exact) mass is 382 g/mol. The number of rotatable bonds is 8. The summed E-state index contributed by atoms with van der Waals surface area (Å²) < 4.78 is 26.5. The minimum absolute atomic E-state index is 0.195. The van der Waals surface area contributed by atoms with Gasteiger partial charge in [0.05, 0.1) is 6.10 Å². The molecule has 2 atom stereocenters. The molecule has 0 radical (unpaired) electrons. The number of nitrogens with two attached hydrogens (primary N) is 1. The van der Waals surface area contributed by atoms with E-state index in [1.165, 1.54) is 12.1 Å². The molecule has 3 rings (SSSR count). The lowest BCUT2D eigenvalue weighted by Crippen LogP contribution is -2.43. The average Bonchev–Trinajstić information content (AvgIpc) is 2.68. The van der Waals surface area contributed by atoms with Crippen molar-refractivity contribution in [1.29, 1.82) is 0 Å². The van der Waals surface area contributed by atoms with Crippen LogP contribution in [0.15, 0.2) is 72.8 Å². The van der Waals surface area contributed by atoms with E-state index in [-0.39, 0.29) is 13.0 Å². The summed E-state index contributed by atoms with van der Waals surface area (Å²) in [6, 6.07) is 20.9. The van der Waals surface area contributed by atoms with Gasteiger partial charge in [-0.2, -0.15) is 0 Å². The van der Waals surface area contributed by atoms with Crippen molar-refractivity contribution >= 4 is 0 Å². The molecule has 0 aliphatic rings. The molecule has 0 aliphatic heterocycles. The molecule has 0 fully saturated rings. The molecule has 0 spiro atoms. The molecule has 0 heterocycles. The highest BCUT2D eigenvalue weighted by atomic mass is 19.1. The fraction of sp³-hybridized carbons (Fsp3) is 0.217. The summed E-state index contributed by atoms with van der Waals surface area (Å²) in [6.45, 7) is 0.869. The van der Waals surface area contributed by atoms with E-state index >= 15 is 0 Å². The molecule has 3 nitrogen and oxygen atoms in total. The fourth-order valence-electron chi connectivity index (χ4n) is 3.14. The summed E-state index contributed by atoms with van der Waals surface area (Å²) >= 11 is 0. The van der Waals surface area contributed by atoms with Gasteiger partial charge in [0.25, 0.3) is 0 Å². The Morgan fingerprint density at radius 2 is 1.50 bits per heavy atom. The summed E-state index contributed by atoms with van der Waals surface area (Å²) in [4.78, 5) is 0. The van der Waals surface area contributed by atoms with Gasteiger partial charge < -0.3 is 16.2 Å². The lowest BCUT2D eigenvalue weighted by atomic mass is 10.0. The molecule has 146 valence electrons. The predicted octanol–water partition coefficient (Wildman–Crippen LogP) is 3.65. The Labute approximate surface area is 163 Å². The second kappa shape index (κ2) is 9.55. The maximum atomic E-state index is 13.3. The van der Waals surface area contributed by atoms with Gasteiger partial charge in [-0.25, -0.2) is 8.78 Å². The predicted molar refractivity (Wildman–Crippen MR) is 108 cm³/mol. The van der Waals surface area contributed by atoms with Crippen molar-refractivity contribution in [1.82, 2.24) is 5.32 Å². The van der Waals surface area contributed by atoms with Crippen molar-refractivity contribution in [2.45, 2.75) is 25.1 Å². The van der Waals surface area contributed by atoms with E-state index in [9.17, 15) is 13.9 Å². The third kappa shape index (κ3) is 5.70. The van der Waals surface area contributed by atoms with Crippen LogP contribution in [-0.4, -0.2) is 23.8 Å². The van der Waals surface area contributed by atoms with E-state index in [2.05, 4.69) is 29.6 Å². The lowest BCUT2D eigenvalue weighted by Gasteiger charge is -2.19. The Kier molecular flexibility index (Phi) is 6.87. The standard InChI is InChI=1S/C23H24F2N2O/c24-20-10-17(11-21(25)13-20)12-22(26)23(28)15-27-14-16-5-4-8-19(9-16)18-6-2-1-3-7-18/h1-11,13,22-23,27-28H,12,14-15,26H2/t22-,23+/m0/s1. The largest absolute Gasteiger partial charge is 0.390 e. The molecule has 4 N–H and O–H groups in total. The normalized spacial score (nSPS) is 13.3. The quantitative estimate of drug-likeness (QED) is 0.557. The van der Waals surface area contributed by atoms with E-state index in [1.807, 2.05) is 30.3 Å². The van der Waals surface area contributed by atoms with Gasteiger partial charge in [0.2, 0.25) is 0 Å². The highest BCUT2D eigenvalue weighted by Crippen LogP contribution is 2.20. The maximum absolute atomic E-state index is 13.3. The fourth-order valence-corrected chi connectivity index (χ4v) is 3.14. The van der Waals surface area contributed by atoms with Crippen LogP contribution < -0.4 is 11.1 Å². The highest BCUT2D eigenvalue weighted by Gasteiger charge is 2.16. The van der Waals surface area contributed by atoms with Crippen LogP contribution in [0.1, 0.15) is 11.1 Å². The number of aliphatic hydroxyl groups is 1. The Balaban J connectivity index is 1.51. The van der Waals surface area contributed by atoms with Crippen molar-refractivity contribution < 1.29 is 13.9 Å². The summed E-state index contributed by atoms with van der Waals surface area (Å²) in [5, 5.41) is 13.4. The number of nitrogens with one attached hydrogen (secondary N) is 1. The Bertz CT molecular complexity index is 882.